The Labute approximate surface area is 173 Å². The number of ether oxygens (including phenoxy) is 1. The lowest BCUT2D eigenvalue weighted by Gasteiger charge is -2.37. The van der Waals surface area contributed by atoms with Crippen molar-refractivity contribution in [3.05, 3.63) is 54.2 Å². The van der Waals surface area contributed by atoms with Crippen molar-refractivity contribution in [2.24, 2.45) is 0 Å². The van der Waals surface area contributed by atoms with Crippen molar-refractivity contribution in [2.45, 2.75) is 25.5 Å². The Hall–Kier alpha value is -3.53. The van der Waals surface area contributed by atoms with Gasteiger partial charge in [0, 0.05) is 31.7 Å². The van der Waals surface area contributed by atoms with Crippen LogP contribution < -0.4 is 15.0 Å². The Morgan fingerprint density at radius 2 is 2.07 bits per heavy atom. The third-order valence-corrected chi connectivity index (χ3v) is 5.15. The van der Waals surface area contributed by atoms with Crippen LogP contribution in [0.3, 0.4) is 0 Å². The normalized spacial score (nSPS) is 18.8. The number of amides is 1. The van der Waals surface area contributed by atoms with E-state index in [1.807, 2.05) is 30.0 Å². The zero-order valence-corrected chi connectivity index (χ0v) is 16.8. The maximum Gasteiger partial charge on any atom is 0.257 e. The van der Waals surface area contributed by atoms with Crippen LogP contribution in [0.2, 0.25) is 0 Å². The summed E-state index contributed by atoms with van der Waals surface area (Å²) in [5, 5.41) is 17.7. The molecule has 1 aliphatic rings. The summed E-state index contributed by atoms with van der Waals surface area (Å²) in [6.07, 6.45) is 6.14. The minimum Gasteiger partial charge on any atom is -0.478 e. The number of nitrogens with one attached hydrogen (secondary N) is 1. The first kappa shape index (κ1) is 19.8. The number of methoxy groups -OCH3 is 1. The highest BCUT2D eigenvalue weighted by Gasteiger charge is 2.32. The molecule has 2 N–H and O–H groups in total. The Balaban J connectivity index is 1.51. The van der Waals surface area contributed by atoms with Gasteiger partial charge >= 0.3 is 0 Å². The van der Waals surface area contributed by atoms with Crippen LogP contribution in [-0.2, 0) is 0 Å². The number of carbonyl (C=O) groups is 1. The highest BCUT2D eigenvalue weighted by atomic mass is 16.5. The summed E-state index contributed by atoms with van der Waals surface area (Å²) in [6, 6.07) is 5.02. The van der Waals surface area contributed by atoms with Crippen LogP contribution in [0.1, 0.15) is 22.5 Å². The number of anilines is 1. The Bertz CT molecular complexity index is 1020. The second-order valence-corrected chi connectivity index (χ2v) is 7.01. The van der Waals surface area contributed by atoms with Crippen molar-refractivity contribution >= 4 is 11.7 Å². The maximum atomic E-state index is 12.9. The van der Waals surface area contributed by atoms with Crippen LogP contribution in [0.25, 0.3) is 5.82 Å². The molecule has 0 aromatic carbocycles. The average molecular weight is 409 g/mol. The number of aliphatic hydroxyl groups excluding tert-OH is 1. The fourth-order valence-corrected chi connectivity index (χ4v) is 3.54. The monoisotopic (exact) mass is 409 g/mol. The maximum absolute atomic E-state index is 12.9. The fourth-order valence-electron chi connectivity index (χ4n) is 3.54. The molecule has 4 rings (SSSR count). The zero-order valence-electron chi connectivity index (χ0n) is 16.8. The van der Waals surface area contributed by atoms with Crippen LogP contribution in [0.4, 0.5) is 5.82 Å². The van der Waals surface area contributed by atoms with Crippen LogP contribution in [0.15, 0.2) is 43.0 Å². The number of piperidine rings is 1. The van der Waals surface area contributed by atoms with E-state index in [-0.39, 0.29) is 5.91 Å². The molecule has 30 heavy (non-hydrogen) atoms. The van der Waals surface area contributed by atoms with E-state index in [1.165, 1.54) is 13.3 Å². The van der Waals surface area contributed by atoms with Gasteiger partial charge in [-0.15, -0.1) is 0 Å². The average Bonchev–Trinajstić information content (AvgIpc) is 3.17. The van der Waals surface area contributed by atoms with Gasteiger partial charge in [-0.05, 0) is 25.5 Å². The lowest BCUT2D eigenvalue weighted by Crippen LogP contribution is -2.55. The SMILES string of the molecule is COc1nccnc1N1CC[C@H](O)[C@H](NC(=O)c2cnn(-c3ccccn3)c2C)C1. The molecule has 0 unspecified atom stereocenters. The molecule has 10 nitrogen and oxygen atoms in total. The fraction of sp³-hybridized carbons (Fsp3) is 0.350. The minimum atomic E-state index is -0.668. The third kappa shape index (κ3) is 3.81. The second kappa shape index (κ2) is 8.46. The van der Waals surface area contributed by atoms with E-state index in [0.29, 0.717) is 48.3 Å². The summed E-state index contributed by atoms with van der Waals surface area (Å²) in [4.78, 5) is 27.7. The molecule has 3 aromatic rings. The van der Waals surface area contributed by atoms with Gasteiger partial charge in [0.25, 0.3) is 11.8 Å². The highest BCUT2D eigenvalue weighted by molar-refractivity contribution is 5.95. The summed E-state index contributed by atoms with van der Waals surface area (Å²) in [6.45, 7) is 2.78. The molecule has 2 atom stereocenters. The first-order chi connectivity index (χ1) is 14.6. The van der Waals surface area contributed by atoms with Gasteiger partial charge in [-0.25, -0.2) is 19.6 Å². The van der Waals surface area contributed by atoms with Crippen molar-refractivity contribution in [1.82, 2.24) is 30.0 Å². The first-order valence-electron chi connectivity index (χ1n) is 9.63. The van der Waals surface area contributed by atoms with Gasteiger partial charge in [-0.2, -0.15) is 5.10 Å². The molecule has 1 aliphatic heterocycles. The lowest BCUT2D eigenvalue weighted by atomic mass is 10.0. The summed E-state index contributed by atoms with van der Waals surface area (Å²) >= 11 is 0. The number of hydrogen-bond donors (Lipinski definition) is 2. The van der Waals surface area contributed by atoms with Crippen molar-refractivity contribution in [3.63, 3.8) is 0 Å². The van der Waals surface area contributed by atoms with Gasteiger partial charge in [0.2, 0.25) is 0 Å². The minimum absolute atomic E-state index is 0.299. The molecule has 1 saturated heterocycles. The van der Waals surface area contributed by atoms with Crippen molar-refractivity contribution < 1.29 is 14.6 Å². The number of aliphatic hydroxyl groups is 1. The smallest absolute Gasteiger partial charge is 0.257 e. The Morgan fingerprint density at radius 3 is 2.83 bits per heavy atom. The quantitative estimate of drug-likeness (QED) is 0.634. The number of pyridine rings is 1. The largest absolute Gasteiger partial charge is 0.478 e. The molecular weight excluding hydrogens is 386 g/mol. The van der Waals surface area contributed by atoms with Gasteiger partial charge in [-0.3, -0.25) is 4.79 Å². The second-order valence-electron chi connectivity index (χ2n) is 7.01. The molecule has 1 fully saturated rings. The van der Waals surface area contributed by atoms with Crippen LogP contribution >= 0.6 is 0 Å². The molecule has 0 radical (unpaired) electrons. The molecule has 0 spiro atoms. The molecule has 10 heteroatoms. The van der Waals surface area contributed by atoms with Gasteiger partial charge in [-0.1, -0.05) is 6.07 Å². The molecule has 156 valence electrons. The number of carbonyl (C=O) groups excluding carboxylic acids is 1. The van der Waals surface area contributed by atoms with Crippen LogP contribution in [0, 0.1) is 6.92 Å². The number of rotatable bonds is 5. The van der Waals surface area contributed by atoms with E-state index >= 15 is 0 Å². The third-order valence-electron chi connectivity index (χ3n) is 5.15. The standard InChI is InChI=1S/C20H23N7O3/c1-13-14(11-24-27(13)17-5-3-4-7-21-17)19(29)25-15-12-26(10-6-16(15)28)18-20(30-2)23-9-8-22-18/h3-5,7-9,11,15-16,28H,6,10,12H2,1-2H3,(H,25,29)/t15-,16+/m1/s1. The zero-order chi connectivity index (χ0) is 21.1. The summed E-state index contributed by atoms with van der Waals surface area (Å²) in [5.41, 5.74) is 1.10. The van der Waals surface area contributed by atoms with Crippen LogP contribution in [0.5, 0.6) is 5.88 Å². The number of aromatic nitrogens is 5. The molecule has 1 amide bonds. The molecule has 0 bridgehead atoms. The molecule has 3 aromatic heterocycles. The van der Waals surface area contributed by atoms with E-state index in [0.717, 1.165) is 0 Å². The van der Waals surface area contributed by atoms with Gasteiger partial charge in [0.1, 0.15) is 0 Å². The van der Waals surface area contributed by atoms with Gasteiger partial charge in [0.05, 0.1) is 36.7 Å². The predicted octanol–water partition coefficient (Wildman–Crippen LogP) is 0.744. The van der Waals surface area contributed by atoms with Crippen LogP contribution in [-0.4, -0.2) is 68.1 Å². The molecular formula is C20H23N7O3. The summed E-state index contributed by atoms with van der Waals surface area (Å²) < 4.78 is 6.90. The van der Waals surface area contributed by atoms with E-state index in [1.54, 1.807) is 23.3 Å². The van der Waals surface area contributed by atoms with E-state index < -0.39 is 12.1 Å². The van der Waals surface area contributed by atoms with E-state index in [2.05, 4.69) is 25.4 Å². The molecule has 0 saturated carbocycles. The Morgan fingerprint density at radius 1 is 1.23 bits per heavy atom. The van der Waals surface area contributed by atoms with Gasteiger partial charge in [0.15, 0.2) is 11.6 Å². The van der Waals surface area contributed by atoms with Crippen molar-refractivity contribution in [3.8, 4) is 11.7 Å². The molecule has 0 aliphatic carbocycles. The van der Waals surface area contributed by atoms with Crippen molar-refractivity contribution in [1.29, 1.82) is 0 Å². The van der Waals surface area contributed by atoms with Gasteiger partial charge < -0.3 is 20.1 Å². The van der Waals surface area contributed by atoms with E-state index in [4.69, 9.17) is 4.74 Å². The predicted molar refractivity (Wildman–Crippen MR) is 109 cm³/mol. The summed E-state index contributed by atoms with van der Waals surface area (Å²) in [5.74, 6) is 1.33. The number of nitrogens with zero attached hydrogens (tertiary/aromatic N) is 6. The molecule has 4 heterocycles. The van der Waals surface area contributed by atoms with Crippen molar-refractivity contribution in [2.75, 3.05) is 25.1 Å². The lowest BCUT2D eigenvalue weighted by molar-refractivity contribution is 0.0784. The summed E-state index contributed by atoms with van der Waals surface area (Å²) in [7, 11) is 1.54. The Kier molecular flexibility index (Phi) is 5.57. The topological polar surface area (TPSA) is 118 Å². The highest BCUT2D eigenvalue weighted by Crippen LogP contribution is 2.25. The van der Waals surface area contributed by atoms with E-state index in [9.17, 15) is 9.90 Å². The number of hydrogen-bond acceptors (Lipinski definition) is 8. The first-order valence-corrected chi connectivity index (χ1v) is 9.63.